The summed E-state index contributed by atoms with van der Waals surface area (Å²) < 4.78 is 0. The predicted octanol–water partition coefficient (Wildman–Crippen LogP) is 2.75. The van der Waals surface area contributed by atoms with Crippen LogP contribution in [-0.4, -0.2) is 28.7 Å². The minimum Gasteiger partial charge on any atom is -0.480 e. The van der Waals surface area contributed by atoms with Crippen LogP contribution >= 0.6 is 0 Å². The van der Waals surface area contributed by atoms with Crippen molar-refractivity contribution in [3.8, 4) is 0 Å². The van der Waals surface area contributed by atoms with Crippen LogP contribution in [-0.2, 0) is 4.79 Å². The maximum Gasteiger partial charge on any atom is 0.326 e. The van der Waals surface area contributed by atoms with E-state index in [1.54, 1.807) is 0 Å². The van der Waals surface area contributed by atoms with Gasteiger partial charge >= 0.3 is 12.0 Å². The Kier molecular flexibility index (Phi) is 4.08. The summed E-state index contributed by atoms with van der Waals surface area (Å²) in [5.41, 5.74) is -0.0697. The second kappa shape index (κ2) is 5.74. The summed E-state index contributed by atoms with van der Waals surface area (Å²) >= 11 is 0. The monoisotopic (exact) mass is 308 g/mol. The first-order valence-corrected chi connectivity index (χ1v) is 8.67. The van der Waals surface area contributed by atoms with E-state index in [2.05, 4.69) is 10.6 Å². The first-order chi connectivity index (χ1) is 10.3. The molecule has 0 aromatic carbocycles. The Morgan fingerprint density at radius 3 is 2.00 bits per heavy atom. The van der Waals surface area contributed by atoms with Crippen molar-refractivity contribution in [2.24, 2.45) is 23.7 Å². The fourth-order valence-electron chi connectivity index (χ4n) is 5.39. The van der Waals surface area contributed by atoms with Gasteiger partial charge in [-0.05, 0) is 68.6 Å². The summed E-state index contributed by atoms with van der Waals surface area (Å²) in [5, 5.41) is 15.1. The minimum absolute atomic E-state index is 0.0697. The molecule has 124 valence electrons. The number of nitrogens with one attached hydrogen (secondary N) is 2. The van der Waals surface area contributed by atoms with Gasteiger partial charge in [0.15, 0.2) is 0 Å². The van der Waals surface area contributed by atoms with Crippen LogP contribution in [0.2, 0.25) is 0 Å². The van der Waals surface area contributed by atoms with Crippen LogP contribution in [0.1, 0.15) is 58.8 Å². The Bertz CT molecular complexity index is 426. The summed E-state index contributed by atoms with van der Waals surface area (Å²) in [6.45, 7) is 3.93. The summed E-state index contributed by atoms with van der Waals surface area (Å²) in [6, 6.07) is -1.09. The van der Waals surface area contributed by atoms with Crippen molar-refractivity contribution in [2.45, 2.75) is 70.4 Å². The van der Waals surface area contributed by atoms with Crippen LogP contribution < -0.4 is 10.6 Å². The molecule has 4 aliphatic carbocycles. The summed E-state index contributed by atoms with van der Waals surface area (Å²) in [6.07, 6.45) is 7.68. The highest BCUT2D eigenvalue weighted by Crippen LogP contribution is 2.55. The van der Waals surface area contributed by atoms with E-state index in [9.17, 15) is 14.7 Å². The molecule has 0 spiro atoms. The topological polar surface area (TPSA) is 78.4 Å². The fourth-order valence-corrected chi connectivity index (χ4v) is 5.39. The third-order valence-electron chi connectivity index (χ3n) is 5.73. The van der Waals surface area contributed by atoms with Gasteiger partial charge in [-0.1, -0.05) is 13.8 Å². The lowest BCUT2D eigenvalue weighted by Gasteiger charge is -2.56. The number of carboxylic acids is 1. The number of aliphatic carboxylic acids is 1. The number of carbonyl (C=O) groups is 2. The lowest BCUT2D eigenvalue weighted by Crippen LogP contribution is -2.62. The number of urea groups is 1. The molecule has 0 aliphatic heterocycles. The molecule has 4 bridgehead atoms. The molecule has 5 heteroatoms. The molecule has 2 amide bonds. The zero-order valence-electron chi connectivity index (χ0n) is 13.6. The molecular formula is C17H28N2O3. The highest BCUT2D eigenvalue weighted by atomic mass is 16.4. The van der Waals surface area contributed by atoms with Gasteiger partial charge in [-0.15, -0.1) is 0 Å². The highest BCUT2D eigenvalue weighted by molar-refractivity contribution is 5.82. The van der Waals surface area contributed by atoms with Crippen molar-refractivity contribution in [2.75, 3.05) is 0 Å². The number of rotatable bonds is 5. The van der Waals surface area contributed by atoms with Gasteiger partial charge in [0.1, 0.15) is 6.04 Å². The number of amides is 2. The van der Waals surface area contributed by atoms with Gasteiger partial charge in [-0.3, -0.25) is 0 Å². The van der Waals surface area contributed by atoms with Gasteiger partial charge in [-0.25, -0.2) is 9.59 Å². The molecule has 4 rings (SSSR count). The largest absolute Gasteiger partial charge is 0.480 e. The highest BCUT2D eigenvalue weighted by Gasteiger charge is 2.51. The molecule has 1 atom stereocenters. The Morgan fingerprint density at radius 2 is 1.59 bits per heavy atom. The second-order valence-electron chi connectivity index (χ2n) is 8.32. The van der Waals surface area contributed by atoms with E-state index < -0.39 is 12.0 Å². The summed E-state index contributed by atoms with van der Waals surface area (Å²) in [5.74, 6) is 1.57. The van der Waals surface area contributed by atoms with Gasteiger partial charge in [-0.2, -0.15) is 0 Å². The third kappa shape index (κ3) is 3.23. The van der Waals surface area contributed by atoms with E-state index in [0.717, 1.165) is 37.0 Å². The number of hydrogen-bond donors (Lipinski definition) is 3. The zero-order chi connectivity index (χ0) is 15.9. The predicted molar refractivity (Wildman–Crippen MR) is 83.4 cm³/mol. The van der Waals surface area contributed by atoms with Crippen molar-refractivity contribution in [1.82, 2.24) is 10.6 Å². The molecule has 0 heterocycles. The Labute approximate surface area is 132 Å². The van der Waals surface area contributed by atoms with Gasteiger partial charge in [0.2, 0.25) is 0 Å². The quantitative estimate of drug-likeness (QED) is 0.730. The second-order valence-corrected chi connectivity index (χ2v) is 8.32. The van der Waals surface area contributed by atoms with E-state index in [-0.39, 0.29) is 17.5 Å². The van der Waals surface area contributed by atoms with Crippen molar-refractivity contribution < 1.29 is 14.7 Å². The number of carbonyl (C=O) groups excluding carboxylic acids is 1. The molecule has 4 saturated carbocycles. The SMILES string of the molecule is CC(C)C[C@H](NC(=O)NC12CC3CC(CC(C3)C1)C2)C(=O)O. The number of hydrogen-bond acceptors (Lipinski definition) is 2. The molecule has 0 aromatic heterocycles. The molecule has 4 aliphatic rings. The molecular weight excluding hydrogens is 280 g/mol. The van der Waals surface area contributed by atoms with Crippen LogP contribution in [0.25, 0.3) is 0 Å². The first kappa shape index (κ1) is 15.6. The first-order valence-electron chi connectivity index (χ1n) is 8.67. The van der Waals surface area contributed by atoms with Gasteiger partial charge in [0, 0.05) is 5.54 Å². The van der Waals surface area contributed by atoms with Crippen molar-refractivity contribution >= 4 is 12.0 Å². The Hall–Kier alpha value is -1.26. The van der Waals surface area contributed by atoms with Crippen LogP contribution in [0.4, 0.5) is 4.79 Å². The van der Waals surface area contributed by atoms with Gasteiger partial charge in [0.05, 0.1) is 0 Å². The normalized spacial score (nSPS) is 37.1. The van der Waals surface area contributed by atoms with Crippen LogP contribution in [0, 0.1) is 23.7 Å². The van der Waals surface area contributed by atoms with E-state index in [0.29, 0.717) is 6.42 Å². The number of carboxylic acid groups (broad SMARTS) is 1. The Balaban J connectivity index is 1.60. The van der Waals surface area contributed by atoms with Gasteiger partial charge < -0.3 is 15.7 Å². The molecule has 0 radical (unpaired) electrons. The summed E-state index contributed by atoms with van der Waals surface area (Å²) in [7, 11) is 0. The average molecular weight is 308 g/mol. The van der Waals surface area contributed by atoms with Crippen LogP contribution in [0.3, 0.4) is 0 Å². The smallest absolute Gasteiger partial charge is 0.326 e. The lowest BCUT2D eigenvalue weighted by molar-refractivity contribution is -0.139. The van der Waals surface area contributed by atoms with E-state index in [1.165, 1.54) is 19.3 Å². The van der Waals surface area contributed by atoms with E-state index >= 15 is 0 Å². The molecule has 4 fully saturated rings. The zero-order valence-corrected chi connectivity index (χ0v) is 13.6. The maximum absolute atomic E-state index is 12.3. The molecule has 0 unspecified atom stereocenters. The minimum atomic E-state index is -0.950. The van der Waals surface area contributed by atoms with E-state index in [4.69, 9.17) is 0 Å². The van der Waals surface area contributed by atoms with Crippen molar-refractivity contribution in [1.29, 1.82) is 0 Å². The lowest BCUT2D eigenvalue weighted by atomic mass is 9.53. The van der Waals surface area contributed by atoms with E-state index in [1.807, 2.05) is 13.8 Å². The molecule has 3 N–H and O–H groups in total. The maximum atomic E-state index is 12.3. The molecule has 22 heavy (non-hydrogen) atoms. The third-order valence-corrected chi connectivity index (χ3v) is 5.73. The summed E-state index contributed by atoms with van der Waals surface area (Å²) in [4.78, 5) is 23.6. The molecule has 5 nitrogen and oxygen atoms in total. The average Bonchev–Trinajstić information content (AvgIpc) is 2.34. The van der Waals surface area contributed by atoms with Crippen LogP contribution in [0.5, 0.6) is 0 Å². The van der Waals surface area contributed by atoms with Crippen molar-refractivity contribution in [3.05, 3.63) is 0 Å². The standard InChI is InChI=1S/C17H28N2O3/c1-10(2)3-14(15(20)21)18-16(22)19-17-7-11-4-12(8-17)6-13(5-11)9-17/h10-14H,3-9H2,1-2H3,(H,20,21)(H2,18,19,22)/t11?,12?,13?,14-,17?/m0/s1. The Morgan fingerprint density at radius 1 is 1.09 bits per heavy atom. The molecule has 0 aromatic rings. The molecule has 0 saturated heterocycles. The van der Waals surface area contributed by atoms with Gasteiger partial charge in [0.25, 0.3) is 0 Å². The fraction of sp³-hybridized carbons (Fsp3) is 0.882. The van der Waals surface area contributed by atoms with Crippen LogP contribution in [0.15, 0.2) is 0 Å². The van der Waals surface area contributed by atoms with Crippen molar-refractivity contribution in [3.63, 3.8) is 0 Å².